The molecule has 5 N–H and O–H groups in total. The van der Waals surface area contributed by atoms with Crippen molar-refractivity contribution in [2.24, 2.45) is 11.8 Å². The van der Waals surface area contributed by atoms with E-state index in [9.17, 15) is 4.79 Å². The molecule has 64 valence electrons. The van der Waals surface area contributed by atoms with Gasteiger partial charge in [0, 0.05) is 19.1 Å². The van der Waals surface area contributed by atoms with Crippen molar-refractivity contribution in [2.45, 2.75) is 12.5 Å². The molecule has 2 atom stereocenters. The third-order valence-corrected chi connectivity index (χ3v) is 1.94. The molecule has 1 aliphatic rings. The number of carbonyl (C=O) groups is 1. The van der Waals surface area contributed by atoms with Crippen LogP contribution < -0.4 is 16.6 Å². The van der Waals surface area contributed by atoms with Gasteiger partial charge in [-0.25, -0.2) is 0 Å². The largest absolute Gasteiger partial charge is 0.481 e. The Bertz CT molecular complexity index is 151. The normalized spacial score (nSPS) is 31.7. The number of carboxylic acids is 1. The monoisotopic (exact) mass is 159 g/mol. The van der Waals surface area contributed by atoms with Crippen LogP contribution in [0.2, 0.25) is 0 Å². The van der Waals surface area contributed by atoms with E-state index in [0.29, 0.717) is 13.0 Å². The van der Waals surface area contributed by atoms with Crippen molar-refractivity contribution < 1.29 is 9.90 Å². The molecule has 1 heterocycles. The van der Waals surface area contributed by atoms with Crippen LogP contribution in [0.1, 0.15) is 6.42 Å². The summed E-state index contributed by atoms with van der Waals surface area (Å²) in [5.74, 6) is 4.13. The molecule has 1 saturated heterocycles. The first-order chi connectivity index (χ1) is 5.24. The lowest BCUT2D eigenvalue weighted by Crippen LogP contribution is -2.50. The number of hydrogen-bond donors (Lipinski definition) is 4. The summed E-state index contributed by atoms with van der Waals surface area (Å²) in [5.41, 5.74) is 2.56. The quantitative estimate of drug-likeness (QED) is 0.291. The van der Waals surface area contributed by atoms with Gasteiger partial charge in [-0.3, -0.25) is 16.1 Å². The van der Waals surface area contributed by atoms with Crippen molar-refractivity contribution >= 4 is 5.97 Å². The Balaban J connectivity index is 2.39. The number of nitrogens with two attached hydrogens (primary N) is 1. The van der Waals surface area contributed by atoms with Gasteiger partial charge in [0.15, 0.2) is 0 Å². The standard InChI is InChI=1S/C6H13N3O2/c7-9-5-1-4(6(10)11)2-8-3-5/h4-5,8-9H,1-3,7H2,(H,10,11)/t4-,5+/m1/s1. The zero-order valence-electron chi connectivity index (χ0n) is 6.21. The Labute approximate surface area is 64.9 Å². The van der Waals surface area contributed by atoms with Crippen molar-refractivity contribution in [2.75, 3.05) is 13.1 Å². The highest BCUT2D eigenvalue weighted by Gasteiger charge is 2.25. The fourth-order valence-corrected chi connectivity index (χ4v) is 1.26. The zero-order valence-corrected chi connectivity index (χ0v) is 6.21. The molecule has 0 amide bonds. The van der Waals surface area contributed by atoms with E-state index in [2.05, 4.69) is 10.7 Å². The van der Waals surface area contributed by atoms with Crippen molar-refractivity contribution in [1.82, 2.24) is 10.7 Å². The number of rotatable bonds is 2. The van der Waals surface area contributed by atoms with Gasteiger partial charge in [-0.1, -0.05) is 0 Å². The first kappa shape index (κ1) is 8.45. The van der Waals surface area contributed by atoms with Gasteiger partial charge in [-0.2, -0.15) is 0 Å². The van der Waals surface area contributed by atoms with Gasteiger partial charge in [0.05, 0.1) is 5.92 Å². The molecular weight excluding hydrogens is 146 g/mol. The molecule has 5 nitrogen and oxygen atoms in total. The summed E-state index contributed by atoms with van der Waals surface area (Å²) in [6, 6.07) is 0.0878. The van der Waals surface area contributed by atoms with Crippen LogP contribution in [0.15, 0.2) is 0 Å². The Morgan fingerprint density at radius 3 is 2.91 bits per heavy atom. The van der Waals surface area contributed by atoms with Gasteiger partial charge in [0.2, 0.25) is 0 Å². The van der Waals surface area contributed by atoms with Crippen molar-refractivity contribution in [3.8, 4) is 0 Å². The minimum Gasteiger partial charge on any atom is -0.481 e. The predicted octanol–water partition coefficient (Wildman–Crippen LogP) is -1.49. The summed E-state index contributed by atoms with van der Waals surface area (Å²) in [6.45, 7) is 1.30. The highest BCUT2D eigenvalue weighted by molar-refractivity contribution is 5.70. The van der Waals surface area contributed by atoms with E-state index in [1.54, 1.807) is 0 Å². The van der Waals surface area contributed by atoms with Crippen LogP contribution in [0.3, 0.4) is 0 Å². The summed E-state index contributed by atoms with van der Waals surface area (Å²) in [4.78, 5) is 10.5. The second-order valence-electron chi connectivity index (χ2n) is 2.79. The number of hydrazine groups is 1. The Hall–Kier alpha value is -0.650. The molecule has 11 heavy (non-hydrogen) atoms. The second kappa shape index (κ2) is 3.66. The van der Waals surface area contributed by atoms with Crippen molar-refractivity contribution in [3.05, 3.63) is 0 Å². The molecule has 0 radical (unpaired) electrons. The summed E-state index contributed by atoms with van der Waals surface area (Å²) in [6.07, 6.45) is 0.610. The highest BCUT2D eigenvalue weighted by atomic mass is 16.4. The first-order valence-electron chi connectivity index (χ1n) is 3.63. The number of hydrogen-bond acceptors (Lipinski definition) is 4. The number of nitrogens with one attached hydrogen (secondary N) is 2. The van der Waals surface area contributed by atoms with E-state index in [0.717, 1.165) is 6.54 Å². The van der Waals surface area contributed by atoms with Crippen molar-refractivity contribution in [1.29, 1.82) is 0 Å². The molecule has 0 aromatic carbocycles. The lowest BCUT2D eigenvalue weighted by Gasteiger charge is -2.26. The predicted molar refractivity (Wildman–Crippen MR) is 39.7 cm³/mol. The highest BCUT2D eigenvalue weighted by Crippen LogP contribution is 2.09. The maximum atomic E-state index is 10.5. The van der Waals surface area contributed by atoms with E-state index in [-0.39, 0.29) is 12.0 Å². The van der Waals surface area contributed by atoms with Crippen LogP contribution in [0.25, 0.3) is 0 Å². The summed E-state index contributed by atoms with van der Waals surface area (Å²) in [5, 5.41) is 11.6. The van der Waals surface area contributed by atoms with Crippen LogP contribution in [-0.4, -0.2) is 30.2 Å². The SMILES string of the molecule is NN[C@@H]1CNC[C@H](C(=O)O)C1. The van der Waals surface area contributed by atoms with Crippen LogP contribution in [0.4, 0.5) is 0 Å². The molecule has 0 bridgehead atoms. The van der Waals surface area contributed by atoms with Crippen LogP contribution in [-0.2, 0) is 4.79 Å². The maximum Gasteiger partial charge on any atom is 0.307 e. The van der Waals surface area contributed by atoms with Gasteiger partial charge >= 0.3 is 5.97 Å². The van der Waals surface area contributed by atoms with E-state index in [4.69, 9.17) is 10.9 Å². The third kappa shape index (κ3) is 2.14. The van der Waals surface area contributed by atoms with Crippen molar-refractivity contribution in [3.63, 3.8) is 0 Å². The molecule has 0 aromatic rings. The van der Waals surface area contributed by atoms with E-state index in [1.165, 1.54) is 0 Å². The molecular formula is C6H13N3O2. The van der Waals surface area contributed by atoms with Crippen LogP contribution in [0, 0.1) is 5.92 Å². The Kier molecular flexibility index (Phi) is 2.81. The van der Waals surface area contributed by atoms with Gasteiger partial charge in [0.25, 0.3) is 0 Å². The average molecular weight is 159 g/mol. The summed E-state index contributed by atoms with van der Waals surface area (Å²) in [7, 11) is 0. The molecule has 0 aromatic heterocycles. The van der Waals surface area contributed by atoms with Gasteiger partial charge in [-0.05, 0) is 6.42 Å². The number of piperidine rings is 1. The van der Waals surface area contributed by atoms with Gasteiger partial charge in [0.1, 0.15) is 0 Å². The van der Waals surface area contributed by atoms with E-state index in [1.807, 2.05) is 0 Å². The lowest BCUT2D eigenvalue weighted by molar-refractivity contribution is -0.142. The molecule has 0 aliphatic carbocycles. The molecule has 0 saturated carbocycles. The fraction of sp³-hybridized carbons (Fsp3) is 0.833. The third-order valence-electron chi connectivity index (χ3n) is 1.94. The van der Waals surface area contributed by atoms with Crippen LogP contribution >= 0.6 is 0 Å². The average Bonchev–Trinajstić information content (AvgIpc) is 2.05. The number of carboxylic acid groups (broad SMARTS) is 1. The van der Waals surface area contributed by atoms with E-state index >= 15 is 0 Å². The lowest BCUT2D eigenvalue weighted by atomic mass is 9.96. The maximum absolute atomic E-state index is 10.5. The molecule has 5 heteroatoms. The molecule has 1 aliphatic heterocycles. The minimum atomic E-state index is -0.752. The molecule has 0 spiro atoms. The van der Waals surface area contributed by atoms with E-state index < -0.39 is 5.97 Å². The Morgan fingerprint density at radius 2 is 2.36 bits per heavy atom. The minimum absolute atomic E-state index is 0.0878. The first-order valence-corrected chi connectivity index (χ1v) is 3.63. The second-order valence-corrected chi connectivity index (χ2v) is 2.79. The Morgan fingerprint density at radius 1 is 1.64 bits per heavy atom. The smallest absolute Gasteiger partial charge is 0.307 e. The topological polar surface area (TPSA) is 87.4 Å². The van der Waals surface area contributed by atoms with Gasteiger partial charge in [-0.15, -0.1) is 0 Å². The molecule has 1 rings (SSSR count). The zero-order chi connectivity index (χ0) is 8.27. The summed E-state index contributed by atoms with van der Waals surface area (Å²) < 4.78 is 0. The number of aliphatic carboxylic acids is 1. The van der Waals surface area contributed by atoms with Gasteiger partial charge < -0.3 is 10.4 Å². The van der Waals surface area contributed by atoms with Crippen LogP contribution in [0.5, 0.6) is 0 Å². The fourth-order valence-electron chi connectivity index (χ4n) is 1.26. The summed E-state index contributed by atoms with van der Waals surface area (Å²) >= 11 is 0. The molecule has 1 fully saturated rings. The molecule has 0 unspecified atom stereocenters.